The molecular formula is C16H32N2. The Morgan fingerprint density at radius 1 is 1.22 bits per heavy atom. The second kappa shape index (κ2) is 6.38. The molecule has 2 N–H and O–H groups in total. The monoisotopic (exact) mass is 252 g/mol. The summed E-state index contributed by atoms with van der Waals surface area (Å²) in [6.07, 6.45) is 6.74. The smallest absolute Gasteiger partial charge is 0.00795 e. The molecule has 106 valence electrons. The lowest BCUT2D eigenvalue weighted by atomic mass is 9.77. The number of hydrogen-bond acceptors (Lipinski definition) is 2. The molecule has 4 atom stereocenters. The van der Waals surface area contributed by atoms with Crippen LogP contribution in [-0.2, 0) is 0 Å². The SMILES string of the molecule is CCC1CCC(N)C(CN2CCC(C(C)C)C2)C1. The molecule has 0 aromatic heterocycles. The van der Waals surface area contributed by atoms with Gasteiger partial charge < -0.3 is 10.6 Å². The maximum atomic E-state index is 6.34. The Bertz CT molecular complexity index is 251. The Hall–Kier alpha value is -0.0800. The molecule has 1 saturated heterocycles. The van der Waals surface area contributed by atoms with Crippen LogP contribution in [-0.4, -0.2) is 30.6 Å². The van der Waals surface area contributed by atoms with E-state index in [9.17, 15) is 0 Å². The third kappa shape index (κ3) is 3.48. The lowest BCUT2D eigenvalue weighted by Gasteiger charge is -2.36. The van der Waals surface area contributed by atoms with Gasteiger partial charge in [-0.3, -0.25) is 0 Å². The first-order valence-electron chi connectivity index (χ1n) is 8.08. The summed E-state index contributed by atoms with van der Waals surface area (Å²) < 4.78 is 0. The molecule has 4 unspecified atom stereocenters. The highest BCUT2D eigenvalue weighted by atomic mass is 15.1. The van der Waals surface area contributed by atoms with E-state index >= 15 is 0 Å². The molecule has 1 saturated carbocycles. The fraction of sp³-hybridized carbons (Fsp3) is 1.00. The molecular weight excluding hydrogens is 220 g/mol. The van der Waals surface area contributed by atoms with Gasteiger partial charge in [-0.25, -0.2) is 0 Å². The number of nitrogens with zero attached hydrogens (tertiary/aromatic N) is 1. The van der Waals surface area contributed by atoms with Crippen LogP contribution in [0.15, 0.2) is 0 Å². The van der Waals surface area contributed by atoms with Crippen LogP contribution in [0.3, 0.4) is 0 Å². The Morgan fingerprint density at radius 3 is 2.61 bits per heavy atom. The van der Waals surface area contributed by atoms with E-state index in [1.807, 2.05) is 0 Å². The normalized spacial score (nSPS) is 38.5. The van der Waals surface area contributed by atoms with Crippen molar-refractivity contribution in [3.63, 3.8) is 0 Å². The van der Waals surface area contributed by atoms with Crippen molar-refractivity contribution in [2.45, 2.75) is 58.9 Å². The maximum Gasteiger partial charge on any atom is 0.00795 e. The fourth-order valence-corrected chi connectivity index (χ4v) is 3.87. The standard InChI is InChI=1S/C16H32N2/c1-4-13-5-6-16(17)15(9-13)11-18-8-7-14(10-18)12(2)3/h12-16H,4-11,17H2,1-3H3. The van der Waals surface area contributed by atoms with Gasteiger partial charge in [0, 0.05) is 19.1 Å². The van der Waals surface area contributed by atoms with E-state index in [2.05, 4.69) is 25.7 Å². The van der Waals surface area contributed by atoms with E-state index in [1.54, 1.807) is 0 Å². The van der Waals surface area contributed by atoms with Gasteiger partial charge in [0.15, 0.2) is 0 Å². The number of hydrogen-bond donors (Lipinski definition) is 1. The highest BCUT2D eigenvalue weighted by molar-refractivity contribution is 4.86. The largest absolute Gasteiger partial charge is 0.327 e. The quantitative estimate of drug-likeness (QED) is 0.833. The van der Waals surface area contributed by atoms with Crippen molar-refractivity contribution in [2.75, 3.05) is 19.6 Å². The lowest BCUT2D eigenvalue weighted by Crippen LogP contribution is -2.42. The third-order valence-corrected chi connectivity index (χ3v) is 5.47. The van der Waals surface area contributed by atoms with Gasteiger partial charge in [0.2, 0.25) is 0 Å². The third-order valence-electron chi connectivity index (χ3n) is 5.47. The van der Waals surface area contributed by atoms with Crippen LogP contribution in [0.5, 0.6) is 0 Å². The highest BCUT2D eigenvalue weighted by Gasteiger charge is 2.31. The molecule has 2 fully saturated rings. The van der Waals surface area contributed by atoms with Crippen molar-refractivity contribution >= 4 is 0 Å². The van der Waals surface area contributed by atoms with Crippen LogP contribution in [0.25, 0.3) is 0 Å². The first kappa shape index (κ1) is 14.3. The van der Waals surface area contributed by atoms with Gasteiger partial charge in [0.05, 0.1) is 0 Å². The van der Waals surface area contributed by atoms with Crippen LogP contribution >= 0.6 is 0 Å². The summed E-state index contributed by atoms with van der Waals surface area (Å²) in [6.45, 7) is 11.0. The number of nitrogens with two attached hydrogens (primary N) is 1. The Kier molecular flexibility index (Phi) is 5.08. The summed E-state index contributed by atoms with van der Waals surface area (Å²) in [5, 5.41) is 0. The highest BCUT2D eigenvalue weighted by Crippen LogP contribution is 2.32. The van der Waals surface area contributed by atoms with E-state index in [-0.39, 0.29) is 0 Å². The predicted octanol–water partition coefficient (Wildman–Crippen LogP) is 3.12. The molecule has 2 aliphatic rings. The van der Waals surface area contributed by atoms with E-state index in [0.29, 0.717) is 6.04 Å². The van der Waals surface area contributed by atoms with Gasteiger partial charge in [0.1, 0.15) is 0 Å². The molecule has 18 heavy (non-hydrogen) atoms. The second-order valence-corrected chi connectivity index (χ2v) is 7.06. The average Bonchev–Trinajstić information content (AvgIpc) is 2.81. The van der Waals surface area contributed by atoms with Gasteiger partial charge >= 0.3 is 0 Å². The van der Waals surface area contributed by atoms with E-state index in [4.69, 9.17) is 5.73 Å². The van der Waals surface area contributed by atoms with Crippen molar-refractivity contribution in [3.8, 4) is 0 Å². The van der Waals surface area contributed by atoms with Crippen molar-refractivity contribution in [1.29, 1.82) is 0 Å². The van der Waals surface area contributed by atoms with Gasteiger partial charge in [-0.1, -0.05) is 27.2 Å². The zero-order valence-corrected chi connectivity index (χ0v) is 12.6. The van der Waals surface area contributed by atoms with Gasteiger partial charge in [-0.15, -0.1) is 0 Å². The van der Waals surface area contributed by atoms with E-state index < -0.39 is 0 Å². The minimum absolute atomic E-state index is 0.464. The zero-order chi connectivity index (χ0) is 13.1. The molecule has 1 aliphatic heterocycles. The molecule has 0 bridgehead atoms. The van der Waals surface area contributed by atoms with Crippen molar-refractivity contribution in [3.05, 3.63) is 0 Å². The predicted molar refractivity (Wildman–Crippen MR) is 78.5 cm³/mol. The van der Waals surface area contributed by atoms with E-state index in [0.717, 1.165) is 23.7 Å². The minimum Gasteiger partial charge on any atom is -0.327 e. The second-order valence-electron chi connectivity index (χ2n) is 7.06. The molecule has 1 heterocycles. The Balaban J connectivity index is 1.81. The summed E-state index contributed by atoms with van der Waals surface area (Å²) in [7, 11) is 0. The summed E-state index contributed by atoms with van der Waals surface area (Å²) in [6, 6.07) is 0.464. The lowest BCUT2D eigenvalue weighted by molar-refractivity contribution is 0.166. The average molecular weight is 252 g/mol. The first-order valence-corrected chi connectivity index (χ1v) is 8.08. The minimum atomic E-state index is 0.464. The molecule has 1 aliphatic carbocycles. The van der Waals surface area contributed by atoms with E-state index in [1.165, 1.54) is 51.7 Å². The van der Waals surface area contributed by atoms with Crippen LogP contribution in [0.1, 0.15) is 52.9 Å². The van der Waals surface area contributed by atoms with Crippen LogP contribution in [0.4, 0.5) is 0 Å². The number of likely N-dealkylation sites (tertiary alicyclic amines) is 1. The van der Waals surface area contributed by atoms with Crippen molar-refractivity contribution in [2.24, 2.45) is 29.4 Å². The molecule has 2 nitrogen and oxygen atoms in total. The molecule has 2 rings (SSSR count). The molecule has 0 radical (unpaired) electrons. The van der Waals surface area contributed by atoms with Gasteiger partial charge in [0.25, 0.3) is 0 Å². The van der Waals surface area contributed by atoms with Crippen LogP contribution in [0.2, 0.25) is 0 Å². The molecule has 0 amide bonds. The first-order chi connectivity index (χ1) is 8.60. The maximum absolute atomic E-state index is 6.34. The Labute approximate surface area is 113 Å². The van der Waals surface area contributed by atoms with Crippen molar-refractivity contribution < 1.29 is 0 Å². The van der Waals surface area contributed by atoms with Gasteiger partial charge in [-0.2, -0.15) is 0 Å². The van der Waals surface area contributed by atoms with Crippen LogP contribution in [0, 0.1) is 23.7 Å². The summed E-state index contributed by atoms with van der Waals surface area (Å²) in [5.41, 5.74) is 6.34. The fourth-order valence-electron chi connectivity index (χ4n) is 3.87. The zero-order valence-electron chi connectivity index (χ0n) is 12.6. The summed E-state index contributed by atoms with van der Waals surface area (Å²) in [5.74, 6) is 3.47. The van der Waals surface area contributed by atoms with Crippen molar-refractivity contribution in [1.82, 2.24) is 4.90 Å². The molecule has 2 heteroatoms. The number of rotatable bonds is 4. The topological polar surface area (TPSA) is 29.3 Å². The van der Waals surface area contributed by atoms with Gasteiger partial charge in [-0.05, 0) is 55.9 Å². The summed E-state index contributed by atoms with van der Waals surface area (Å²) >= 11 is 0. The van der Waals surface area contributed by atoms with Crippen LogP contribution < -0.4 is 5.73 Å². The Morgan fingerprint density at radius 2 is 2.00 bits per heavy atom. The molecule has 0 aromatic rings. The molecule has 0 aromatic carbocycles. The molecule has 0 spiro atoms. The summed E-state index contributed by atoms with van der Waals surface area (Å²) in [4.78, 5) is 2.69.